The number of aryl methyl sites for hydroxylation is 1. The normalized spacial score (nSPS) is 12.7. The van der Waals surface area contributed by atoms with Gasteiger partial charge in [0.25, 0.3) is 0 Å². The first kappa shape index (κ1) is 13.4. The number of carbonyl (C=O) groups is 1. The van der Waals surface area contributed by atoms with Gasteiger partial charge in [0, 0.05) is 28.6 Å². The maximum atomic E-state index is 11.9. The van der Waals surface area contributed by atoms with Gasteiger partial charge in [-0.25, -0.2) is 0 Å². The van der Waals surface area contributed by atoms with Crippen LogP contribution in [0.1, 0.15) is 30.5 Å². The zero-order valence-corrected chi connectivity index (χ0v) is 11.2. The van der Waals surface area contributed by atoms with Crippen LogP contribution in [-0.4, -0.2) is 18.9 Å². The fourth-order valence-electron chi connectivity index (χ4n) is 1.53. The highest BCUT2D eigenvalue weighted by molar-refractivity contribution is 7.12. The summed E-state index contributed by atoms with van der Waals surface area (Å²) in [6, 6.07) is 4.21. The lowest BCUT2D eigenvalue weighted by molar-refractivity contribution is -0.121. The first-order valence-electron chi connectivity index (χ1n) is 5.98. The van der Waals surface area contributed by atoms with Crippen LogP contribution in [0.3, 0.4) is 0 Å². The monoisotopic (exact) mass is 239 g/mol. The lowest BCUT2D eigenvalue weighted by Gasteiger charge is -2.09. The van der Waals surface area contributed by atoms with E-state index in [9.17, 15) is 4.79 Å². The van der Waals surface area contributed by atoms with E-state index in [1.165, 1.54) is 9.75 Å². The third-order valence-corrected chi connectivity index (χ3v) is 3.89. The zero-order valence-electron chi connectivity index (χ0n) is 10.4. The van der Waals surface area contributed by atoms with Gasteiger partial charge in [-0.1, -0.05) is 20.8 Å². The van der Waals surface area contributed by atoms with Gasteiger partial charge in [-0.15, -0.1) is 11.3 Å². The van der Waals surface area contributed by atoms with Gasteiger partial charge < -0.3 is 5.32 Å². The second-order valence-corrected chi connectivity index (χ2v) is 5.33. The molecule has 0 spiro atoms. The number of carbonyl (C=O) groups excluding carboxylic acids is 1. The third kappa shape index (κ3) is 4.06. The third-order valence-electron chi connectivity index (χ3n) is 2.66. The first-order valence-corrected chi connectivity index (χ1v) is 6.80. The average molecular weight is 239 g/mol. The molecule has 1 aromatic heterocycles. The Labute approximate surface area is 102 Å². The van der Waals surface area contributed by atoms with Gasteiger partial charge in [0.05, 0.1) is 0 Å². The predicted molar refractivity (Wildman–Crippen MR) is 70.1 cm³/mol. The van der Waals surface area contributed by atoms with Crippen LogP contribution in [0.2, 0.25) is 0 Å². The summed E-state index contributed by atoms with van der Waals surface area (Å²) in [7, 11) is 0. The summed E-state index contributed by atoms with van der Waals surface area (Å²) in [5.41, 5.74) is 0. The molecule has 0 aliphatic rings. The van der Waals surface area contributed by atoms with E-state index in [2.05, 4.69) is 31.3 Å². The number of rotatable bonds is 7. The number of Topliss-reactive ketones (excluding diaryl/α,β-unsaturated/α-hetero) is 1. The molecule has 3 heteroatoms. The van der Waals surface area contributed by atoms with Gasteiger partial charge in [0.15, 0.2) is 0 Å². The van der Waals surface area contributed by atoms with Crippen LogP contribution in [-0.2, 0) is 17.6 Å². The van der Waals surface area contributed by atoms with Gasteiger partial charge in [-0.2, -0.15) is 0 Å². The van der Waals surface area contributed by atoms with Gasteiger partial charge >= 0.3 is 0 Å². The Kier molecular flexibility index (Phi) is 5.71. The van der Waals surface area contributed by atoms with Crippen molar-refractivity contribution < 1.29 is 4.79 Å². The lowest BCUT2D eigenvalue weighted by Crippen LogP contribution is -2.27. The average Bonchev–Trinajstić information content (AvgIpc) is 2.73. The molecule has 2 nitrogen and oxygen atoms in total. The van der Waals surface area contributed by atoms with Gasteiger partial charge in [0.2, 0.25) is 0 Å². The van der Waals surface area contributed by atoms with Crippen molar-refractivity contribution in [2.75, 3.05) is 13.1 Å². The summed E-state index contributed by atoms with van der Waals surface area (Å²) in [6.07, 6.45) is 1.66. The second-order valence-electron chi connectivity index (χ2n) is 4.07. The zero-order chi connectivity index (χ0) is 12.0. The standard InChI is InChI=1S/C13H21NOS/c1-4-11-6-7-12(16-11)8-13(15)10(3)9-14-5-2/h6-7,10,14H,4-5,8-9H2,1-3H3. The molecule has 0 saturated heterocycles. The van der Waals surface area contributed by atoms with Crippen LogP contribution in [0.4, 0.5) is 0 Å². The van der Waals surface area contributed by atoms with Crippen molar-refractivity contribution in [3.05, 3.63) is 21.9 Å². The Balaban J connectivity index is 2.44. The molecule has 1 rings (SSSR count). The summed E-state index contributed by atoms with van der Waals surface area (Å²) in [6.45, 7) is 7.92. The number of hydrogen-bond donors (Lipinski definition) is 1. The summed E-state index contributed by atoms with van der Waals surface area (Å²) in [5.74, 6) is 0.456. The van der Waals surface area contributed by atoms with Crippen LogP contribution in [0.25, 0.3) is 0 Å². The quantitative estimate of drug-likeness (QED) is 0.792. The predicted octanol–water partition coefficient (Wildman–Crippen LogP) is 2.67. The molecule has 0 aliphatic heterocycles. The van der Waals surface area contributed by atoms with Crippen molar-refractivity contribution in [3.63, 3.8) is 0 Å². The number of ketones is 1. The van der Waals surface area contributed by atoms with Crippen molar-refractivity contribution >= 4 is 17.1 Å². The van der Waals surface area contributed by atoms with Crippen molar-refractivity contribution in [1.82, 2.24) is 5.32 Å². The maximum Gasteiger partial charge on any atom is 0.142 e. The molecule has 1 unspecified atom stereocenters. The minimum Gasteiger partial charge on any atom is -0.316 e. The molecule has 1 atom stereocenters. The Morgan fingerprint density at radius 1 is 1.38 bits per heavy atom. The van der Waals surface area contributed by atoms with Gasteiger partial charge in [-0.05, 0) is 25.1 Å². The lowest BCUT2D eigenvalue weighted by atomic mass is 10.0. The van der Waals surface area contributed by atoms with Crippen LogP contribution in [0.15, 0.2) is 12.1 Å². The smallest absolute Gasteiger partial charge is 0.142 e. The fraction of sp³-hybridized carbons (Fsp3) is 0.615. The fourth-order valence-corrected chi connectivity index (χ4v) is 2.50. The molecule has 0 radical (unpaired) electrons. The minimum atomic E-state index is 0.118. The number of thiophene rings is 1. The molecule has 0 fully saturated rings. The molecule has 0 aromatic carbocycles. The molecule has 1 aromatic rings. The van der Waals surface area contributed by atoms with E-state index in [0.29, 0.717) is 12.2 Å². The molecule has 0 aliphatic carbocycles. The number of hydrogen-bond acceptors (Lipinski definition) is 3. The van der Waals surface area contributed by atoms with Crippen LogP contribution >= 0.6 is 11.3 Å². The Morgan fingerprint density at radius 3 is 2.62 bits per heavy atom. The van der Waals surface area contributed by atoms with Crippen molar-refractivity contribution in [2.24, 2.45) is 5.92 Å². The van der Waals surface area contributed by atoms with Crippen molar-refractivity contribution in [3.8, 4) is 0 Å². The van der Waals surface area contributed by atoms with E-state index >= 15 is 0 Å². The SMILES string of the molecule is CCNCC(C)C(=O)Cc1ccc(CC)s1. The van der Waals surface area contributed by atoms with Crippen molar-refractivity contribution in [2.45, 2.75) is 33.6 Å². The summed E-state index contributed by atoms with van der Waals surface area (Å²) in [5, 5.41) is 3.21. The summed E-state index contributed by atoms with van der Waals surface area (Å²) >= 11 is 1.76. The van der Waals surface area contributed by atoms with E-state index in [-0.39, 0.29) is 5.92 Å². The van der Waals surface area contributed by atoms with Crippen LogP contribution in [0, 0.1) is 5.92 Å². The summed E-state index contributed by atoms with van der Waals surface area (Å²) < 4.78 is 0. The topological polar surface area (TPSA) is 29.1 Å². The largest absolute Gasteiger partial charge is 0.316 e. The van der Waals surface area contributed by atoms with Crippen LogP contribution in [0.5, 0.6) is 0 Å². The first-order chi connectivity index (χ1) is 7.67. The molecule has 0 bridgehead atoms. The summed E-state index contributed by atoms with van der Waals surface area (Å²) in [4.78, 5) is 14.4. The molecular formula is C13H21NOS. The molecule has 0 saturated carbocycles. The van der Waals surface area contributed by atoms with E-state index in [4.69, 9.17) is 0 Å². The van der Waals surface area contributed by atoms with Gasteiger partial charge in [-0.3, -0.25) is 4.79 Å². The maximum absolute atomic E-state index is 11.9. The highest BCUT2D eigenvalue weighted by Gasteiger charge is 2.13. The molecular weight excluding hydrogens is 218 g/mol. The Morgan fingerprint density at radius 2 is 2.06 bits per heavy atom. The van der Waals surface area contributed by atoms with Crippen LogP contribution < -0.4 is 5.32 Å². The van der Waals surface area contributed by atoms with E-state index < -0.39 is 0 Å². The molecule has 1 N–H and O–H groups in total. The molecule has 1 heterocycles. The second kappa shape index (κ2) is 6.81. The van der Waals surface area contributed by atoms with E-state index in [1.54, 1.807) is 11.3 Å². The Bertz CT molecular complexity index is 332. The van der Waals surface area contributed by atoms with Crippen molar-refractivity contribution in [1.29, 1.82) is 0 Å². The minimum absolute atomic E-state index is 0.118. The molecule has 0 amide bonds. The Hall–Kier alpha value is -0.670. The number of nitrogens with one attached hydrogen (secondary N) is 1. The van der Waals surface area contributed by atoms with E-state index in [1.807, 2.05) is 6.92 Å². The highest BCUT2D eigenvalue weighted by Crippen LogP contribution is 2.18. The molecule has 16 heavy (non-hydrogen) atoms. The van der Waals surface area contributed by atoms with E-state index in [0.717, 1.165) is 19.5 Å². The molecule has 90 valence electrons. The highest BCUT2D eigenvalue weighted by atomic mass is 32.1. The van der Waals surface area contributed by atoms with Gasteiger partial charge in [0.1, 0.15) is 5.78 Å².